The van der Waals surface area contributed by atoms with E-state index in [1.807, 2.05) is 12.1 Å². The Hall–Kier alpha value is -0.900. The zero-order chi connectivity index (χ0) is 15.0. The lowest BCUT2D eigenvalue weighted by atomic mass is 10.0. The average Bonchev–Trinajstić information content (AvgIpc) is 2.41. The number of aliphatic hydroxyl groups is 1. The summed E-state index contributed by atoms with van der Waals surface area (Å²) in [6, 6.07) is 8.13. The van der Waals surface area contributed by atoms with Crippen molar-refractivity contribution < 1.29 is 9.84 Å². The third-order valence-corrected chi connectivity index (χ3v) is 3.42. The van der Waals surface area contributed by atoms with Gasteiger partial charge in [-0.05, 0) is 24.8 Å². The van der Waals surface area contributed by atoms with E-state index < -0.39 is 0 Å². The van der Waals surface area contributed by atoms with Gasteiger partial charge in [0, 0.05) is 26.7 Å². The van der Waals surface area contributed by atoms with E-state index in [1.165, 1.54) is 5.56 Å². The van der Waals surface area contributed by atoms with Gasteiger partial charge in [-0.25, -0.2) is 0 Å². The molecule has 0 fully saturated rings. The van der Waals surface area contributed by atoms with Crippen molar-refractivity contribution in [1.29, 1.82) is 0 Å². The number of hydrogen-bond donors (Lipinski definition) is 1. The Bertz CT molecular complexity index is 362. The molecule has 1 N–H and O–H groups in total. The predicted molar refractivity (Wildman–Crippen MR) is 83.9 cm³/mol. The van der Waals surface area contributed by atoms with Crippen LogP contribution in [-0.2, 0) is 4.74 Å². The van der Waals surface area contributed by atoms with Crippen molar-refractivity contribution in [2.75, 3.05) is 33.4 Å². The highest BCUT2D eigenvalue weighted by atomic mass is 16.5. The quantitative estimate of drug-likeness (QED) is 0.754. The van der Waals surface area contributed by atoms with E-state index in [9.17, 15) is 5.11 Å². The van der Waals surface area contributed by atoms with Crippen molar-refractivity contribution in [3.63, 3.8) is 0 Å². The normalized spacial score (nSPS) is 13.2. The summed E-state index contributed by atoms with van der Waals surface area (Å²) in [6.07, 6.45) is 0.382. The van der Waals surface area contributed by atoms with E-state index >= 15 is 0 Å². The number of methoxy groups -OCH3 is 1. The Balaban J connectivity index is 2.46. The molecule has 1 aromatic carbocycles. The summed E-state index contributed by atoms with van der Waals surface area (Å²) in [5.74, 6) is 0.628. The first-order chi connectivity index (χ1) is 9.52. The highest BCUT2D eigenvalue weighted by Gasteiger charge is 2.12. The standard InChI is InChI=1S/C17H29NO2/c1-14(2)13-18(11-12-20-4)10-9-17(19)16-7-5-15(3)6-8-16/h5-8,14,17,19H,9-13H2,1-4H3. The molecule has 0 bridgehead atoms. The van der Waals surface area contributed by atoms with Crippen molar-refractivity contribution in [1.82, 2.24) is 4.90 Å². The van der Waals surface area contributed by atoms with E-state index in [0.717, 1.165) is 38.2 Å². The summed E-state index contributed by atoms with van der Waals surface area (Å²) in [5, 5.41) is 10.3. The highest BCUT2D eigenvalue weighted by Crippen LogP contribution is 2.17. The number of nitrogens with zero attached hydrogens (tertiary/aromatic N) is 1. The fraction of sp³-hybridized carbons (Fsp3) is 0.647. The SMILES string of the molecule is COCCN(CCC(O)c1ccc(C)cc1)CC(C)C. The average molecular weight is 279 g/mol. The molecule has 1 rings (SSSR count). The second kappa shape index (κ2) is 9.11. The molecule has 0 aromatic heterocycles. The summed E-state index contributed by atoms with van der Waals surface area (Å²) in [7, 11) is 1.73. The first kappa shape index (κ1) is 17.2. The Morgan fingerprint density at radius 3 is 2.35 bits per heavy atom. The first-order valence-corrected chi connectivity index (χ1v) is 7.49. The van der Waals surface area contributed by atoms with Crippen LogP contribution in [0.3, 0.4) is 0 Å². The van der Waals surface area contributed by atoms with Gasteiger partial charge in [0.1, 0.15) is 0 Å². The predicted octanol–water partition coefficient (Wildman–Crippen LogP) is 3.02. The Kier molecular flexibility index (Phi) is 7.82. The summed E-state index contributed by atoms with van der Waals surface area (Å²) in [5.41, 5.74) is 2.23. The summed E-state index contributed by atoms with van der Waals surface area (Å²) < 4.78 is 5.15. The Morgan fingerprint density at radius 2 is 1.80 bits per heavy atom. The number of hydrogen-bond acceptors (Lipinski definition) is 3. The number of benzene rings is 1. The molecule has 0 aliphatic rings. The zero-order valence-electron chi connectivity index (χ0n) is 13.3. The first-order valence-electron chi connectivity index (χ1n) is 7.49. The molecule has 0 radical (unpaired) electrons. The van der Waals surface area contributed by atoms with Crippen LogP contribution in [0.1, 0.15) is 37.5 Å². The molecule has 1 atom stereocenters. The van der Waals surface area contributed by atoms with Crippen molar-refractivity contribution in [2.45, 2.75) is 33.3 Å². The molecule has 20 heavy (non-hydrogen) atoms. The lowest BCUT2D eigenvalue weighted by molar-refractivity contribution is 0.111. The number of rotatable bonds is 9. The van der Waals surface area contributed by atoms with Gasteiger partial charge in [-0.1, -0.05) is 43.7 Å². The van der Waals surface area contributed by atoms with Crippen LogP contribution in [0, 0.1) is 12.8 Å². The van der Waals surface area contributed by atoms with Gasteiger partial charge in [0.25, 0.3) is 0 Å². The third-order valence-electron chi connectivity index (χ3n) is 3.42. The summed E-state index contributed by atoms with van der Waals surface area (Å²) >= 11 is 0. The second-order valence-electron chi connectivity index (χ2n) is 5.90. The maximum atomic E-state index is 10.3. The lowest BCUT2D eigenvalue weighted by Crippen LogP contribution is -2.32. The van der Waals surface area contributed by atoms with Crippen LogP contribution in [0.25, 0.3) is 0 Å². The summed E-state index contributed by atoms with van der Waals surface area (Å²) in [4.78, 5) is 2.37. The van der Waals surface area contributed by atoms with Gasteiger partial charge in [-0.15, -0.1) is 0 Å². The minimum Gasteiger partial charge on any atom is -0.388 e. The molecule has 3 heteroatoms. The molecular formula is C17H29NO2. The minimum atomic E-state index is -0.382. The number of ether oxygens (including phenoxy) is 1. The maximum Gasteiger partial charge on any atom is 0.0802 e. The monoisotopic (exact) mass is 279 g/mol. The van der Waals surface area contributed by atoms with Crippen LogP contribution in [0.5, 0.6) is 0 Å². The van der Waals surface area contributed by atoms with Crippen molar-refractivity contribution in [3.05, 3.63) is 35.4 Å². The topological polar surface area (TPSA) is 32.7 Å². The van der Waals surface area contributed by atoms with E-state index in [2.05, 4.69) is 37.8 Å². The summed E-state index contributed by atoms with van der Waals surface area (Å²) in [6.45, 7) is 10.1. The number of aliphatic hydroxyl groups excluding tert-OH is 1. The fourth-order valence-electron chi connectivity index (χ4n) is 2.29. The third kappa shape index (κ3) is 6.51. The molecule has 0 saturated carbocycles. The maximum absolute atomic E-state index is 10.3. The molecule has 114 valence electrons. The van der Waals surface area contributed by atoms with E-state index in [4.69, 9.17) is 4.74 Å². The molecule has 1 unspecified atom stereocenters. The number of aryl methyl sites for hydroxylation is 1. The molecule has 3 nitrogen and oxygen atoms in total. The van der Waals surface area contributed by atoms with Gasteiger partial charge in [0.05, 0.1) is 12.7 Å². The van der Waals surface area contributed by atoms with Gasteiger partial charge in [-0.2, -0.15) is 0 Å². The van der Waals surface area contributed by atoms with Crippen LogP contribution in [0.15, 0.2) is 24.3 Å². The molecule has 0 amide bonds. The van der Waals surface area contributed by atoms with E-state index in [-0.39, 0.29) is 6.10 Å². The van der Waals surface area contributed by atoms with Gasteiger partial charge in [0.15, 0.2) is 0 Å². The van der Waals surface area contributed by atoms with E-state index in [1.54, 1.807) is 7.11 Å². The molecule has 0 heterocycles. The van der Waals surface area contributed by atoms with E-state index in [0.29, 0.717) is 5.92 Å². The molecule has 0 spiro atoms. The van der Waals surface area contributed by atoms with Crippen molar-refractivity contribution >= 4 is 0 Å². The van der Waals surface area contributed by atoms with Crippen LogP contribution < -0.4 is 0 Å². The molecule has 1 aromatic rings. The zero-order valence-corrected chi connectivity index (χ0v) is 13.3. The fourth-order valence-corrected chi connectivity index (χ4v) is 2.29. The van der Waals surface area contributed by atoms with Crippen LogP contribution in [0.2, 0.25) is 0 Å². The van der Waals surface area contributed by atoms with Gasteiger partial charge in [-0.3, -0.25) is 0 Å². The van der Waals surface area contributed by atoms with Gasteiger partial charge >= 0.3 is 0 Å². The minimum absolute atomic E-state index is 0.382. The molecule has 0 aliphatic heterocycles. The molecule has 0 saturated heterocycles. The largest absolute Gasteiger partial charge is 0.388 e. The Morgan fingerprint density at radius 1 is 1.15 bits per heavy atom. The lowest BCUT2D eigenvalue weighted by Gasteiger charge is -2.25. The van der Waals surface area contributed by atoms with Crippen LogP contribution in [-0.4, -0.2) is 43.4 Å². The molecular weight excluding hydrogens is 250 g/mol. The Labute approximate surface area is 123 Å². The van der Waals surface area contributed by atoms with Gasteiger partial charge in [0.2, 0.25) is 0 Å². The van der Waals surface area contributed by atoms with Crippen LogP contribution in [0.4, 0.5) is 0 Å². The second-order valence-corrected chi connectivity index (χ2v) is 5.90. The highest BCUT2D eigenvalue weighted by molar-refractivity contribution is 5.22. The molecule has 0 aliphatic carbocycles. The van der Waals surface area contributed by atoms with Crippen LogP contribution >= 0.6 is 0 Å². The van der Waals surface area contributed by atoms with Crippen molar-refractivity contribution in [3.8, 4) is 0 Å². The smallest absolute Gasteiger partial charge is 0.0802 e. The van der Waals surface area contributed by atoms with Crippen molar-refractivity contribution in [2.24, 2.45) is 5.92 Å². The van der Waals surface area contributed by atoms with Gasteiger partial charge < -0.3 is 14.7 Å².